The number of nitrogens with two attached hydrogens (primary N) is 1. The minimum atomic E-state index is -0.733. The quantitative estimate of drug-likeness (QED) is 0.856. The van der Waals surface area contributed by atoms with Crippen molar-refractivity contribution in [2.45, 2.75) is 53.1 Å². The zero-order valence-corrected chi connectivity index (χ0v) is 12.1. The van der Waals surface area contributed by atoms with E-state index in [9.17, 15) is 4.79 Å². The molecule has 18 heavy (non-hydrogen) atoms. The zero-order valence-electron chi connectivity index (χ0n) is 12.1. The second kappa shape index (κ2) is 5.06. The molecular weight excluding hydrogens is 226 g/mol. The normalized spacial score (nSPS) is 13.4. The van der Waals surface area contributed by atoms with Gasteiger partial charge in [-0.15, -0.1) is 0 Å². The molecule has 0 bridgehead atoms. The maximum absolute atomic E-state index is 11.4. The average molecular weight is 249 g/mol. The van der Waals surface area contributed by atoms with Crippen LogP contribution in [0.15, 0.2) is 6.07 Å². The highest BCUT2D eigenvalue weighted by Gasteiger charge is 2.27. The van der Waals surface area contributed by atoms with Crippen LogP contribution in [0, 0.1) is 20.8 Å². The number of rotatable bonds is 4. The fourth-order valence-corrected chi connectivity index (χ4v) is 2.37. The van der Waals surface area contributed by atoms with Gasteiger partial charge in [0.05, 0.1) is 5.54 Å². The Balaban J connectivity index is 3.05. The van der Waals surface area contributed by atoms with E-state index in [1.165, 1.54) is 5.56 Å². The first-order valence-corrected chi connectivity index (χ1v) is 6.17. The molecule has 3 N–H and O–H groups in total. The Morgan fingerprint density at radius 1 is 1.39 bits per heavy atom. The Hall–Kier alpha value is -1.42. The van der Waals surface area contributed by atoms with Crippen LogP contribution in [-0.2, 0) is 4.79 Å². The summed E-state index contributed by atoms with van der Waals surface area (Å²) in [6.45, 7) is 11.6. The van der Waals surface area contributed by atoms with E-state index in [-0.39, 0.29) is 11.9 Å². The summed E-state index contributed by atoms with van der Waals surface area (Å²) in [5.41, 5.74) is 8.96. The number of aryl methyl sites for hydroxylation is 3. The molecule has 0 radical (unpaired) electrons. The number of nitrogens with one attached hydrogen (secondary N) is 1. The molecule has 0 aliphatic rings. The van der Waals surface area contributed by atoms with E-state index in [2.05, 4.69) is 23.3 Å². The molecule has 0 aromatic carbocycles. The van der Waals surface area contributed by atoms with Crippen molar-refractivity contribution in [3.63, 3.8) is 0 Å². The first-order valence-electron chi connectivity index (χ1n) is 6.17. The van der Waals surface area contributed by atoms with Gasteiger partial charge in [0, 0.05) is 17.4 Å². The van der Waals surface area contributed by atoms with E-state index in [1.54, 1.807) is 13.8 Å². The summed E-state index contributed by atoms with van der Waals surface area (Å²) in [7, 11) is 0. The Labute approximate surface area is 109 Å². The van der Waals surface area contributed by atoms with Crippen LogP contribution in [0.3, 0.4) is 0 Å². The van der Waals surface area contributed by atoms with Crippen LogP contribution in [0.4, 0.5) is 0 Å². The molecule has 0 spiro atoms. The highest BCUT2D eigenvalue weighted by atomic mass is 16.1. The molecule has 1 amide bonds. The van der Waals surface area contributed by atoms with Gasteiger partial charge >= 0.3 is 0 Å². The van der Waals surface area contributed by atoms with Crippen molar-refractivity contribution in [1.82, 2.24) is 10.3 Å². The van der Waals surface area contributed by atoms with Crippen molar-refractivity contribution < 1.29 is 4.79 Å². The summed E-state index contributed by atoms with van der Waals surface area (Å²) in [5, 5.41) is 3.26. The number of carbonyl (C=O) groups is 1. The summed E-state index contributed by atoms with van der Waals surface area (Å²) in [5.74, 6) is -0.357. The largest absolute Gasteiger partial charge is 0.368 e. The molecule has 0 fully saturated rings. The Bertz CT molecular complexity index is 443. The van der Waals surface area contributed by atoms with E-state index >= 15 is 0 Å². The van der Waals surface area contributed by atoms with Gasteiger partial charge < -0.3 is 5.73 Å². The number of hydrogen-bond donors (Lipinski definition) is 2. The zero-order chi connectivity index (χ0) is 14.1. The first kappa shape index (κ1) is 14.6. The molecule has 1 aromatic heterocycles. The van der Waals surface area contributed by atoms with Crippen molar-refractivity contribution in [3.8, 4) is 0 Å². The van der Waals surface area contributed by atoms with Crippen molar-refractivity contribution in [3.05, 3.63) is 28.6 Å². The van der Waals surface area contributed by atoms with Crippen LogP contribution in [0.5, 0.6) is 0 Å². The lowest BCUT2D eigenvalue weighted by Crippen LogP contribution is -2.51. The number of primary amides is 1. The molecule has 0 saturated carbocycles. The number of amides is 1. The number of hydrogen-bond acceptors (Lipinski definition) is 3. The maximum atomic E-state index is 11.4. The number of carbonyl (C=O) groups excluding carboxylic acids is 1. The topological polar surface area (TPSA) is 68.0 Å². The Kier molecular flexibility index (Phi) is 4.12. The van der Waals surface area contributed by atoms with E-state index in [0.717, 1.165) is 17.0 Å². The van der Waals surface area contributed by atoms with Gasteiger partial charge in [-0.2, -0.15) is 0 Å². The molecule has 0 aliphatic heterocycles. The van der Waals surface area contributed by atoms with Gasteiger partial charge in [-0.25, -0.2) is 0 Å². The Morgan fingerprint density at radius 3 is 2.39 bits per heavy atom. The van der Waals surface area contributed by atoms with Crippen LogP contribution in [0.1, 0.15) is 49.3 Å². The van der Waals surface area contributed by atoms with Gasteiger partial charge in [-0.3, -0.25) is 15.1 Å². The number of nitrogens with zero attached hydrogens (tertiary/aromatic N) is 1. The van der Waals surface area contributed by atoms with E-state index in [4.69, 9.17) is 5.73 Å². The first-order chi connectivity index (χ1) is 8.15. The molecule has 1 unspecified atom stereocenters. The molecule has 4 nitrogen and oxygen atoms in total. The smallest absolute Gasteiger partial charge is 0.237 e. The molecule has 1 rings (SSSR count). The van der Waals surface area contributed by atoms with E-state index in [1.807, 2.05) is 20.8 Å². The third-order valence-corrected chi connectivity index (χ3v) is 3.21. The molecule has 0 aliphatic carbocycles. The number of pyridine rings is 1. The van der Waals surface area contributed by atoms with E-state index < -0.39 is 5.54 Å². The minimum Gasteiger partial charge on any atom is -0.368 e. The third kappa shape index (κ3) is 3.07. The third-order valence-electron chi connectivity index (χ3n) is 3.21. The van der Waals surface area contributed by atoms with Gasteiger partial charge in [-0.05, 0) is 58.7 Å². The van der Waals surface area contributed by atoms with Crippen molar-refractivity contribution in [2.75, 3.05) is 0 Å². The van der Waals surface area contributed by atoms with Crippen LogP contribution >= 0.6 is 0 Å². The molecule has 1 heterocycles. The van der Waals surface area contributed by atoms with Crippen molar-refractivity contribution >= 4 is 5.91 Å². The minimum absolute atomic E-state index is 0.0283. The standard InChI is InChI=1S/C14H23N3O/c1-8-7-9(2)16-10(3)12(8)11(4)17-14(5,6)13(15)18/h7,11,17H,1-6H3,(H2,15,18). The van der Waals surface area contributed by atoms with Gasteiger partial charge in [0.25, 0.3) is 0 Å². The van der Waals surface area contributed by atoms with Crippen LogP contribution in [0.25, 0.3) is 0 Å². The lowest BCUT2D eigenvalue weighted by atomic mass is 9.96. The van der Waals surface area contributed by atoms with E-state index in [0.29, 0.717) is 0 Å². The van der Waals surface area contributed by atoms with Crippen molar-refractivity contribution in [2.24, 2.45) is 5.73 Å². The fourth-order valence-electron chi connectivity index (χ4n) is 2.37. The predicted molar refractivity (Wildman–Crippen MR) is 73.3 cm³/mol. The summed E-state index contributed by atoms with van der Waals surface area (Å²) < 4.78 is 0. The monoisotopic (exact) mass is 249 g/mol. The highest BCUT2D eigenvalue weighted by Crippen LogP contribution is 2.23. The van der Waals surface area contributed by atoms with Gasteiger partial charge in [-0.1, -0.05) is 0 Å². The molecule has 4 heteroatoms. The van der Waals surface area contributed by atoms with Gasteiger partial charge in [0.1, 0.15) is 0 Å². The second-order valence-electron chi connectivity index (χ2n) is 5.43. The summed E-state index contributed by atoms with van der Waals surface area (Å²) in [4.78, 5) is 15.8. The molecule has 1 aromatic rings. The molecule has 1 atom stereocenters. The Morgan fingerprint density at radius 2 is 1.94 bits per heavy atom. The highest BCUT2D eigenvalue weighted by molar-refractivity contribution is 5.83. The average Bonchev–Trinajstić information content (AvgIpc) is 2.13. The SMILES string of the molecule is Cc1cc(C)c(C(C)NC(C)(C)C(N)=O)c(C)n1. The fraction of sp³-hybridized carbons (Fsp3) is 0.571. The lowest BCUT2D eigenvalue weighted by molar-refractivity contribution is -0.123. The molecular formula is C14H23N3O. The van der Waals surface area contributed by atoms with Crippen LogP contribution in [-0.4, -0.2) is 16.4 Å². The van der Waals surface area contributed by atoms with Crippen LogP contribution in [0.2, 0.25) is 0 Å². The lowest BCUT2D eigenvalue weighted by Gasteiger charge is -2.29. The molecule has 0 saturated heterocycles. The number of aromatic nitrogens is 1. The predicted octanol–water partition coefficient (Wildman–Crippen LogP) is 1.92. The van der Waals surface area contributed by atoms with Crippen molar-refractivity contribution in [1.29, 1.82) is 0 Å². The van der Waals surface area contributed by atoms with Gasteiger partial charge in [0.15, 0.2) is 0 Å². The summed E-state index contributed by atoms with van der Waals surface area (Å²) in [6, 6.07) is 2.08. The molecule has 100 valence electrons. The van der Waals surface area contributed by atoms with Crippen LogP contribution < -0.4 is 11.1 Å². The van der Waals surface area contributed by atoms with Gasteiger partial charge in [0.2, 0.25) is 5.91 Å². The maximum Gasteiger partial charge on any atom is 0.237 e. The summed E-state index contributed by atoms with van der Waals surface area (Å²) >= 11 is 0. The summed E-state index contributed by atoms with van der Waals surface area (Å²) in [6.07, 6.45) is 0. The second-order valence-corrected chi connectivity index (χ2v) is 5.43.